The van der Waals surface area contributed by atoms with E-state index in [-0.39, 0.29) is 6.61 Å². The molecule has 1 aromatic carbocycles. The van der Waals surface area contributed by atoms with Gasteiger partial charge >= 0.3 is 0 Å². The van der Waals surface area contributed by atoms with Crippen molar-refractivity contribution >= 4 is 33.6 Å². The molecule has 0 amide bonds. The molecule has 3 heteroatoms. The maximum Gasteiger partial charge on any atom is 0.0693 e. The number of hydrogen-bond donors (Lipinski definition) is 1. The number of rotatable bonds is 3. The topological polar surface area (TPSA) is 20.2 Å². The molecule has 0 bridgehead atoms. The van der Waals surface area contributed by atoms with Crippen molar-refractivity contribution < 1.29 is 5.11 Å². The van der Waals surface area contributed by atoms with Crippen molar-refractivity contribution in [3.05, 3.63) is 39.9 Å². The van der Waals surface area contributed by atoms with E-state index in [9.17, 15) is 0 Å². The van der Waals surface area contributed by atoms with E-state index < -0.39 is 0 Å². The van der Waals surface area contributed by atoms with Crippen LogP contribution in [0.5, 0.6) is 0 Å². The second-order valence-electron chi connectivity index (χ2n) is 2.57. The quantitative estimate of drug-likeness (QED) is 0.829. The Kier molecular flexibility index (Phi) is 4.50. The lowest BCUT2D eigenvalue weighted by molar-refractivity contribution is 0.281. The van der Waals surface area contributed by atoms with Gasteiger partial charge in [0.2, 0.25) is 0 Å². The molecule has 0 aliphatic heterocycles. The Morgan fingerprint density at radius 2 is 2.23 bits per heavy atom. The summed E-state index contributed by atoms with van der Waals surface area (Å²) in [4.78, 5) is 0. The third-order valence-electron chi connectivity index (χ3n) is 1.64. The first-order chi connectivity index (χ1) is 6.27. The normalized spacial score (nSPS) is 11.0. The van der Waals surface area contributed by atoms with E-state index in [4.69, 9.17) is 16.7 Å². The van der Waals surface area contributed by atoms with E-state index in [1.165, 1.54) is 0 Å². The van der Waals surface area contributed by atoms with Crippen molar-refractivity contribution in [2.45, 2.75) is 6.61 Å². The van der Waals surface area contributed by atoms with Gasteiger partial charge in [-0.2, -0.15) is 0 Å². The highest BCUT2D eigenvalue weighted by atomic mass is 79.9. The highest BCUT2D eigenvalue weighted by Gasteiger charge is 1.97. The van der Waals surface area contributed by atoms with Gasteiger partial charge in [0.25, 0.3) is 0 Å². The summed E-state index contributed by atoms with van der Waals surface area (Å²) < 4.78 is 0.929. The third kappa shape index (κ3) is 3.14. The maximum atomic E-state index is 8.99. The Hall–Kier alpha value is -0.310. The van der Waals surface area contributed by atoms with Gasteiger partial charge in [0.1, 0.15) is 0 Å². The van der Waals surface area contributed by atoms with Gasteiger partial charge in [-0.1, -0.05) is 34.1 Å². The minimum absolute atomic E-state index is 0.0448. The number of aliphatic hydroxyl groups is 1. The monoisotopic (exact) mass is 260 g/mol. The van der Waals surface area contributed by atoms with Crippen LogP contribution in [0.3, 0.4) is 0 Å². The first-order valence-electron chi connectivity index (χ1n) is 3.89. The molecule has 0 aliphatic carbocycles. The smallest absolute Gasteiger partial charge is 0.0693 e. The van der Waals surface area contributed by atoms with Crippen LogP contribution in [0.1, 0.15) is 11.1 Å². The van der Waals surface area contributed by atoms with Crippen LogP contribution in [0.4, 0.5) is 0 Å². The van der Waals surface area contributed by atoms with Gasteiger partial charge < -0.3 is 5.11 Å². The molecule has 0 unspecified atom stereocenters. The van der Waals surface area contributed by atoms with Gasteiger partial charge in [-0.15, -0.1) is 11.6 Å². The number of benzene rings is 1. The first kappa shape index (κ1) is 10.8. The molecule has 13 heavy (non-hydrogen) atoms. The molecule has 0 aromatic heterocycles. The van der Waals surface area contributed by atoms with Gasteiger partial charge in [0.05, 0.1) is 6.61 Å². The number of aliphatic hydroxyl groups excluding tert-OH is 1. The van der Waals surface area contributed by atoms with Gasteiger partial charge in [0, 0.05) is 10.4 Å². The van der Waals surface area contributed by atoms with Crippen LogP contribution in [0, 0.1) is 0 Å². The van der Waals surface area contributed by atoms with E-state index in [1.807, 2.05) is 30.4 Å². The van der Waals surface area contributed by atoms with E-state index >= 15 is 0 Å². The van der Waals surface area contributed by atoms with Crippen molar-refractivity contribution in [2.24, 2.45) is 0 Å². The lowest BCUT2D eigenvalue weighted by atomic mass is 10.1. The summed E-state index contributed by atoms with van der Waals surface area (Å²) in [5, 5.41) is 8.99. The standard InChI is InChI=1S/C10H10BrClO/c11-10-4-3-8(2-1-5-12)6-9(10)7-13/h1-4,6,13H,5,7H2. The average Bonchev–Trinajstić information content (AvgIpc) is 2.16. The molecular weight excluding hydrogens is 251 g/mol. The number of allylic oxidation sites excluding steroid dienone is 1. The molecule has 0 saturated carbocycles. The van der Waals surface area contributed by atoms with Crippen molar-refractivity contribution in [3.63, 3.8) is 0 Å². The Morgan fingerprint density at radius 3 is 2.85 bits per heavy atom. The minimum atomic E-state index is 0.0448. The van der Waals surface area contributed by atoms with Crippen LogP contribution in [-0.4, -0.2) is 11.0 Å². The predicted octanol–water partition coefficient (Wildman–Crippen LogP) is 3.19. The van der Waals surface area contributed by atoms with Crippen molar-refractivity contribution in [1.29, 1.82) is 0 Å². The summed E-state index contributed by atoms with van der Waals surface area (Å²) in [6.07, 6.45) is 3.80. The fraction of sp³-hybridized carbons (Fsp3) is 0.200. The second kappa shape index (κ2) is 5.43. The Bertz CT molecular complexity index is 310. The van der Waals surface area contributed by atoms with Crippen LogP contribution in [0.2, 0.25) is 0 Å². The predicted molar refractivity (Wildman–Crippen MR) is 59.8 cm³/mol. The molecule has 0 saturated heterocycles. The summed E-state index contributed by atoms with van der Waals surface area (Å²) in [5.74, 6) is 0.504. The van der Waals surface area contributed by atoms with Crippen molar-refractivity contribution in [2.75, 3.05) is 5.88 Å². The van der Waals surface area contributed by atoms with E-state index in [0.29, 0.717) is 5.88 Å². The van der Waals surface area contributed by atoms with Crippen LogP contribution < -0.4 is 0 Å². The van der Waals surface area contributed by atoms with Gasteiger partial charge in [-0.25, -0.2) is 0 Å². The fourth-order valence-corrected chi connectivity index (χ4v) is 1.46. The molecule has 1 rings (SSSR count). The molecule has 0 radical (unpaired) electrons. The van der Waals surface area contributed by atoms with Crippen LogP contribution in [-0.2, 0) is 6.61 Å². The Labute approximate surface area is 91.2 Å². The van der Waals surface area contributed by atoms with Crippen LogP contribution >= 0.6 is 27.5 Å². The largest absolute Gasteiger partial charge is 0.392 e. The zero-order chi connectivity index (χ0) is 9.68. The summed E-state index contributed by atoms with van der Waals surface area (Å²) >= 11 is 8.86. The molecule has 1 aromatic rings. The molecular formula is C10H10BrClO. The van der Waals surface area contributed by atoms with E-state index in [1.54, 1.807) is 0 Å². The van der Waals surface area contributed by atoms with Crippen LogP contribution in [0.15, 0.2) is 28.7 Å². The molecule has 70 valence electrons. The van der Waals surface area contributed by atoms with Gasteiger partial charge in [-0.05, 0) is 23.3 Å². The maximum absolute atomic E-state index is 8.99. The number of alkyl halides is 1. The molecule has 0 atom stereocenters. The molecule has 0 heterocycles. The highest BCUT2D eigenvalue weighted by molar-refractivity contribution is 9.10. The zero-order valence-corrected chi connectivity index (χ0v) is 9.35. The minimum Gasteiger partial charge on any atom is -0.392 e. The SMILES string of the molecule is OCc1cc(C=CCCl)ccc1Br. The number of halogens is 2. The lowest BCUT2D eigenvalue weighted by Crippen LogP contribution is -1.85. The zero-order valence-electron chi connectivity index (χ0n) is 7.00. The Balaban J connectivity index is 2.92. The third-order valence-corrected chi connectivity index (χ3v) is 2.59. The van der Waals surface area contributed by atoms with Crippen LogP contribution in [0.25, 0.3) is 6.08 Å². The highest BCUT2D eigenvalue weighted by Crippen LogP contribution is 2.18. The summed E-state index contributed by atoms with van der Waals surface area (Å²) in [6.45, 7) is 0.0448. The molecule has 0 spiro atoms. The summed E-state index contributed by atoms with van der Waals surface area (Å²) in [7, 11) is 0. The molecule has 0 aliphatic rings. The fourth-order valence-electron chi connectivity index (χ4n) is 1.00. The van der Waals surface area contributed by atoms with E-state index in [2.05, 4.69) is 15.9 Å². The molecule has 1 N–H and O–H groups in total. The summed E-state index contributed by atoms with van der Waals surface area (Å²) in [5.41, 5.74) is 1.93. The second-order valence-corrected chi connectivity index (χ2v) is 3.73. The first-order valence-corrected chi connectivity index (χ1v) is 5.22. The van der Waals surface area contributed by atoms with Crippen molar-refractivity contribution in [1.82, 2.24) is 0 Å². The number of hydrogen-bond acceptors (Lipinski definition) is 1. The lowest BCUT2D eigenvalue weighted by Gasteiger charge is -2.01. The van der Waals surface area contributed by atoms with Gasteiger partial charge in [-0.3, -0.25) is 0 Å². The molecule has 0 fully saturated rings. The summed E-state index contributed by atoms with van der Waals surface area (Å²) in [6, 6.07) is 5.80. The van der Waals surface area contributed by atoms with Gasteiger partial charge in [0.15, 0.2) is 0 Å². The average molecular weight is 262 g/mol. The van der Waals surface area contributed by atoms with E-state index in [0.717, 1.165) is 15.6 Å². The molecule has 1 nitrogen and oxygen atoms in total. The Morgan fingerprint density at radius 1 is 1.46 bits per heavy atom. The van der Waals surface area contributed by atoms with Crippen molar-refractivity contribution in [3.8, 4) is 0 Å².